The molecule has 0 rings (SSSR count). The Morgan fingerprint density at radius 3 is 2.13 bits per heavy atom. The van der Waals surface area contributed by atoms with Crippen LogP contribution in [-0.2, 0) is 0 Å². The van der Waals surface area contributed by atoms with E-state index in [0.717, 1.165) is 25.3 Å². The topological polar surface area (TPSA) is 23.5 Å². The first kappa shape index (κ1) is 14.9. The number of nitrogens with zero attached hydrogens (tertiary/aromatic N) is 1. The van der Waals surface area contributed by atoms with Crippen molar-refractivity contribution in [2.24, 2.45) is 5.92 Å². The highest BCUT2D eigenvalue weighted by Crippen LogP contribution is 2.10. The van der Waals surface area contributed by atoms with E-state index in [1.807, 2.05) is 0 Å². The van der Waals surface area contributed by atoms with Crippen LogP contribution in [0.3, 0.4) is 0 Å². The van der Waals surface area contributed by atoms with E-state index in [1.165, 1.54) is 32.4 Å². The molecule has 92 valence electrons. The molecule has 0 amide bonds. The van der Waals surface area contributed by atoms with Gasteiger partial charge >= 0.3 is 0 Å². The van der Waals surface area contributed by atoms with Gasteiger partial charge in [0.2, 0.25) is 0 Å². The zero-order valence-corrected chi connectivity index (χ0v) is 10.8. The highest BCUT2D eigenvalue weighted by atomic mass is 16.2. The second kappa shape index (κ2) is 10.4. The molecule has 0 atom stereocenters. The number of aliphatic hydroxyl groups is 1. The van der Waals surface area contributed by atoms with Crippen LogP contribution in [-0.4, -0.2) is 36.2 Å². The Balaban J connectivity index is 3.61. The van der Waals surface area contributed by atoms with Gasteiger partial charge in [0, 0.05) is 13.2 Å². The zero-order chi connectivity index (χ0) is 11.5. The molecule has 0 bridgehead atoms. The van der Waals surface area contributed by atoms with Crippen LogP contribution >= 0.6 is 0 Å². The van der Waals surface area contributed by atoms with Gasteiger partial charge < -0.3 is 10.0 Å². The number of aliphatic hydroxyl groups excluding tert-OH is 1. The molecule has 0 heterocycles. The van der Waals surface area contributed by atoms with Crippen molar-refractivity contribution in [3.63, 3.8) is 0 Å². The molecule has 0 saturated heterocycles. The van der Waals surface area contributed by atoms with Crippen molar-refractivity contribution in [2.75, 3.05) is 26.2 Å². The van der Waals surface area contributed by atoms with Crippen LogP contribution in [0, 0.1) is 5.92 Å². The summed E-state index contributed by atoms with van der Waals surface area (Å²) in [6.45, 7) is 10.8. The molecule has 2 heteroatoms. The highest BCUT2D eigenvalue weighted by Gasteiger charge is 2.08. The number of unbranched alkanes of at least 4 members (excludes halogenated alkanes) is 2. The third-order valence-electron chi connectivity index (χ3n) is 3.25. The normalized spacial score (nSPS) is 11.6. The van der Waals surface area contributed by atoms with Crippen LogP contribution in [0.25, 0.3) is 0 Å². The third-order valence-corrected chi connectivity index (χ3v) is 3.25. The standard InChI is InChI=1S/C13H29NO/c1-4-13(5-2)12-14(6-3)10-8-7-9-11-15/h13,15H,4-12H2,1-3H3. The fourth-order valence-electron chi connectivity index (χ4n) is 1.91. The fraction of sp³-hybridized carbons (Fsp3) is 1.00. The minimum Gasteiger partial charge on any atom is -0.396 e. The van der Waals surface area contributed by atoms with Crippen LogP contribution in [0.15, 0.2) is 0 Å². The fourth-order valence-corrected chi connectivity index (χ4v) is 1.91. The van der Waals surface area contributed by atoms with E-state index < -0.39 is 0 Å². The van der Waals surface area contributed by atoms with Crippen molar-refractivity contribution in [1.29, 1.82) is 0 Å². The molecule has 0 aromatic heterocycles. The number of hydrogen-bond acceptors (Lipinski definition) is 2. The summed E-state index contributed by atoms with van der Waals surface area (Å²) in [7, 11) is 0. The van der Waals surface area contributed by atoms with Crippen LogP contribution in [0.5, 0.6) is 0 Å². The van der Waals surface area contributed by atoms with Gasteiger partial charge in [-0.05, 0) is 38.3 Å². The maximum atomic E-state index is 8.70. The summed E-state index contributed by atoms with van der Waals surface area (Å²) in [6.07, 6.45) is 5.94. The zero-order valence-electron chi connectivity index (χ0n) is 10.8. The molecule has 0 spiro atoms. The molecular weight excluding hydrogens is 186 g/mol. The second-order valence-electron chi connectivity index (χ2n) is 4.36. The van der Waals surface area contributed by atoms with Gasteiger partial charge in [-0.15, -0.1) is 0 Å². The van der Waals surface area contributed by atoms with Gasteiger partial charge in [0.15, 0.2) is 0 Å². The summed E-state index contributed by atoms with van der Waals surface area (Å²) in [6, 6.07) is 0. The Labute approximate surface area is 95.7 Å². The van der Waals surface area contributed by atoms with Crippen molar-refractivity contribution in [1.82, 2.24) is 4.90 Å². The third kappa shape index (κ3) is 7.80. The molecule has 0 aromatic carbocycles. The molecule has 0 aliphatic rings. The first-order valence-corrected chi connectivity index (χ1v) is 6.61. The van der Waals surface area contributed by atoms with Gasteiger partial charge in [0.1, 0.15) is 0 Å². The summed E-state index contributed by atoms with van der Waals surface area (Å²) in [5, 5.41) is 8.70. The molecule has 1 N–H and O–H groups in total. The van der Waals surface area contributed by atoms with Gasteiger partial charge in [-0.2, -0.15) is 0 Å². The second-order valence-corrected chi connectivity index (χ2v) is 4.36. The average molecular weight is 215 g/mol. The summed E-state index contributed by atoms with van der Waals surface area (Å²) in [5.41, 5.74) is 0. The number of hydrogen-bond donors (Lipinski definition) is 1. The lowest BCUT2D eigenvalue weighted by Crippen LogP contribution is -2.30. The molecule has 0 aromatic rings. The monoisotopic (exact) mass is 215 g/mol. The summed E-state index contributed by atoms with van der Waals surface area (Å²) in [5.74, 6) is 0.864. The van der Waals surface area contributed by atoms with Crippen molar-refractivity contribution >= 4 is 0 Å². The van der Waals surface area contributed by atoms with E-state index in [4.69, 9.17) is 5.11 Å². The molecular formula is C13H29NO. The Kier molecular flexibility index (Phi) is 10.4. The van der Waals surface area contributed by atoms with E-state index in [2.05, 4.69) is 25.7 Å². The maximum absolute atomic E-state index is 8.70. The smallest absolute Gasteiger partial charge is 0.0431 e. The largest absolute Gasteiger partial charge is 0.396 e. The molecule has 0 unspecified atom stereocenters. The van der Waals surface area contributed by atoms with Crippen molar-refractivity contribution < 1.29 is 5.11 Å². The average Bonchev–Trinajstić information content (AvgIpc) is 2.28. The van der Waals surface area contributed by atoms with Gasteiger partial charge in [-0.3, -0.25) is 0 Å². The van der Waals surface area contributed by atoms with Gasteiger partial charge in [0.25, 0.3) is 0 Å². The van der Waals surface area contributed by atoms with E-state index in [1.54, 1.807) is 0 Å². The van der Waals surface area contributed by atoms with Gasteiger partial charge in [-0.1, -0.05) is 33.6 Å². The first-order valence-electron chi connectivity index (χ1n) is 6.61. The molecule has 0 aliphatic carbocycles. The lowest BCUT2D eigenvalue weighted by atomic mass is 10.0. The first-order chi connectivity index (χ1) is 7.28. The van der Waals surface area contributed by atoms with E-state index in [-0.39, 0.29) is 0 Å². The van der Waals surface area contributed by atoms with Crippen LogP contribution < -0.4 is 0 Å². The predicted molar refractivity (Wildman–Crippen MR) is 67.1 cm³/mol. The minimum absolute atomic E-state index is 0.346. The van der Waals surface area contributed by atoms with Crippen molar-refractivity contribution in [3.8, 4) is 0 Å². The van der Waals surface area contributed by atoms with E-state index in [0.29, 0.717) is 6.61 Å². The summed E-state index contributed by atoms with van der Waals surface area (Å²) in [4.78, 5) is 2.55. The molecule has 2 nitrogen and oxygen atoms in total. The number of rotatable bonds is 10. The summed E-state index contributed by atoms with van der Waals surface area (Å²) >= 11 is 0. The Morgan fingerprint density at radius 1 is 1.00 bits per heavy atom. The van der Waals surface area contributed by atoms with Crippen LogP contribution in [0.4, 0.5) is 0 Å². The van der Waals surface area contributed by atoms with E-state index in [9.17, 15) is 0 Å². The van der Waals surface area contributed by atoms with Crippen molar-refractivity contribution in [2.45, 2.75) is 52.9 Å². The minimum atomic E-state index is 0.346. The van der Waals surface area contributed by atoms with Gasteiger partial charge in [-0.25, -0.2) is 0 Å². The van der Waals surface area contributed by atoms with Crippen LogP contribution in [0.1, 0.15) is 52.9 Å². The van der Waals surface area contributed by atoms with Crippen LogP contribution in [0.2, 0.25) is 0 Å². The lowest BCUT2D eigenvalue weighted by molar-refractivity contribution is 0.224. The molecule has 0 aliphatic heterocycles. The van der Waals surface area contributed by atoms with Crippen molar-refractivity contribution in [3.05, 3.63) is 0 Å². The van der Waals surface area contributed by atoms with Gasteiger partial charge in [0.05, 0.1) is 0 Å². The Hall–Kier alpha value is -0.0800. The molecule has 0 radical (unpaired) electrons. The Morgan fingerprint density at radius 2 is 1.67 bits per heavy atom. The molecule has 15 heavy (non-hydrogen) atoms. The Bertz CT molecular complexity index is 124. The molecule has 0 saturated carbocycles. The summed E-state index contributed by atoms with van der Waals surface area (Å²) < 4.78 is 0. The molecule has 0 fully saturated rings. The quantitative estimate of drug-likeness (QED) is 0.566. The SMILES string of the molecule is CCC(CC)CN(CC)CCCCCO. The lowest BCUT2D eigenvalue weighted by Gasteiger charge is -2.25. The predicted octanol–water partition coefficient (Wildman–Crippen LogP) is 2.91. The highest BCUT2D eigenvalue weighted by molar-refractivity contribution is 4.63. The maximum Gasteiger partial charge on any atom is 0.0431 e. The van der Waals surface area contributed by atoms with E-state index >= 15 is 0 Å².